The smallest absolute Gasteiger partial charge is 0.342 e. The molecule has 72 valence electrons. The lowest BCUT2D eigenvalue weighted by atomic mass is 10.0. The van der Waals surface area contributed by atoms with Gasteiger partial charge < -0.3 is 5.11 Å². The van der Waals surface area contributed by atoms with Crippen molar-refractivity contribution in [2.24, 2.45) is 5.92 Å². The van der Waals surface area contributed by atoms with Crippen LogP contribution in [0.25, 0.3) is 0 Å². The Bertz CT molecular complexity index is 174. The molecule has 0 rings (SSSR count). The van der Waals surface area contributed by atoms with Crippen LogP contribution >= 0.6 is 35.2 Å². The SMILES string of the molecule is CC(C)C[C@@](Cl)(C(=O)O)N(Cl)Cl. The third-order valence-electron chi connectivity index (χ3n) is 1.27. The molecule has 0 radical (unpaired) electrons. The van der Waals surface area contributed by atoms with Gasteiger partial charge in [0.25, 0.3) is 0 Å². The summed E-state index contributed by atoms with van der Waals surface area (Å²) in [5, 5.41) is 8.71. The summed E-state index contributed by atoms with van der Waals surface area (Å²) in [6, 6.07) is 0. The zero-order valence-electron chi connectivity index (χ0n) is 6.72. The second-order valence-corrected chi connectivity index (χ2v) is 4.37. The van der Waals surface area contributed by atoms with E-state index in [-0.39, 0.29) is 12.3 Å². The summed E-state index contributed by atoms with van der Waals surface area (Å²) >= 11 is 16.3. The molecule has 3 nitrogen and oxygen atoms in total. The van der Waals surface area contributed by atoms with Gasteiger partial charge in [-0.25, -0.2) is 4.79 Å². The minimum absolute atomic E-state index is 0.0959. The van der Waals surface area contributed by atoms with Crippen LogP contribution in [0.15, 0.2) is 0 Å². The van der Waals surface area contributed by atoms with E-state index in [1.54, 1.807) is 0 Å². The molecule has 0 aliphatic rings. The molecule has 0 saturated carbocycles. The third kappa shape index (κ3) is 2.98. The van der Waals surface area contributed by atoms with Gasteiger partial charge in [-0.15, -0.1) is 0 Å². The molecule has 1 atom stereocenters. The van der Waals surface area contributed by atoms with Crippen molar-refractivity contribution in [3.05, 3.63) is 0 Å². The van der Waals surface area contributed by atoms with Crippen LogP contribution in [-0.4, -0.2) is 20.0 Å². The molecule has 0 saturated heterocycles. The molecule has 0 aliphatic carbocycles. The Morgan fingerprint density at radius 3 is 2.08 bits per heavy atom. The topological polar surface area (TPSA) is 40.5 Å². The standard InChI is InChI=1S/C6H10Cl3NO2/c1-4(2)3-6(7,5(11)12)10(8)9/h4H,3H2,1-2H3,(H,11,12)/t6-/m0/s1. The summed E-state index contributed by atoms with van der Waals surface area (Å²) in [4.78, 5) is 8.93. The Labute approximate surface area is 86.4 Å². The van der Waals surface area contributed by atoms with E-state index in [9.17, 15) is 4.79 Å². The Kier molecular flexibility index (Phi) is 4.62. The maximum atomic E-state index is 10.7. The first kappa shape index (κ1) is 12.3. The van der Waals surface area contributed by atoms with E-state index in [0.29, 0.717) is 3.94 Å². The fourth-order valence-electron chi connectivity index (χ4n) is 0.770. The number of carboxylic acid groups (broad SMARTS) is 1. The van der Waals surface area contributed by atoms with Gasteiger partial charge in [-0.05, 0) is 35.9 Å². The van der Waals surface area contributed by atoms with Gasteiger partial charge in [-0.2, -0.15) is 0 Å². The van der Waals surface area contributed by atoms with Crippen molar-refractivity contribution >= 4 is 41.1 Å². The molecule has 6 heteroatoms. The molecular formula is C6H10Cl3NO2. The lowest BCUT2D eigenvalue weighted by Crippen LogP contribution is -2.42. The van der Waals surface area contributed by atoms with E-state index in [0.717, 1.165) is 0 Å². The summed E-state index contributed by atoms with van der Waals surface area (Å²) in [6.45, 7) is 3.66. The Hall–Kier alpha value is 0.300. The van der Waals surface area contributed by atoms with Crippen molar-refractivity contribution in [3.63, 3.8) is 0 Å². The van der Waals surface area contributed by atoms with Gasteiger partial charge in [-0.1, -0.05) is 29.4 Å². The second-order valence-electron chi connectivity index (χ2n) is 2.90. The first-order chi connectivity index (χ1) is 5.30. The van der Waals surface area contributed by atoms with E-state index in [1.807, 2.05) is 13.8 Å². The maximum Gasteiger partial charge on any atom is 0.342 e. The molecule has 0 aromatic rings. The highest BCUT2D eigenvalue weighted by Crippen LogP contribution is 2.32. The number of nitrogens with zero attached hydrogens (tertiary/aromatic N) is 1. The van der Waals surface area contributed by atoms with Crippen molar-refractivity contribution in [3.8, 4) is 0 Å². The summed E-state index contributed by atoms with van der Waals surface area (Å²) in [5.41, 5.74) is 0. The minimum Gasteiger partial charge on any atom is -0.479 e. The second kappa shape index (κ2) is 4.51. The Morgan fingerprint density at radius 1 is 1.58 bits per heavy atom. The van der Waals surface area contributed by atoms with Gasteiger partial charge in [0, 0.05) is 0 Å². The van der Waals surface area contributed by atoms with Gasteiger partial charge in [-0.3, -0.25) is 0 Å². The molecule has 0 aliphatic heterocycles. The molecule has 0 fully saturated rings. The van der Waals surface area contributed by atoms with Crippen LogP contribution in [0.1, 0.15) is 20.3 Å². The van der Waals surface area contributed by atoms with Crippen LogP contribution < -0.4 is 0 Å². The van der Waals surface area contributed by atoms with E-state index in [4.69, 9.17) is 40.3 Å². The lowest BCUT2D eigenvalue weighted by molar-refractivity contribution is -0.142. The number of alkyl halides is 1. The average Bonchev–Trinajstić information content (AvgIpc) is 1.84. The summed E-state index contributed by atoms with van der Waals surface area (Å²) in [5.74, 6) is -1.15. The molecule has 1 N–H and O–H groups in total. The zero-order chi connectivity index (χ0) is 9.94. The van der Waals surface area contributed by atoms with Crippen LogP contribution in [0, 0.1) is 5.92 Å². The number of halogens is 3. The molecule has 0 spiro atoms. The van der Waals surface area contributed by atoms with Gasteiger partial charge in [0.2, 0.25) is 5.00 Å². The predicted molar refractivity (Wildman–Crippen MR) is 49.2 cm³/mol. The lowest BCUT2D eigenvalue weighted by Gasteiger charge is -2.26. The van der Waals surface area contributed by atoms with Gasteiger partial charge in [0.1, 0.15) is 0 Å². The Morgan fingerprint density at radius 2 is 2.00 bits per heavy atom. The number of carbonyl (C=O) groups is 1. The molecule has 0 unspecified atom stereocenters. The van der Waals surface area contributed by atoms with E-state index in [1.165, 1.54) is 0 Å². The van der Waals surface area contributed by atoms with Crippen molar-refractivity contribution in [2.45, 2.75) is 25.3 Å². The normalized spacial score (nSPS) is 16.6. The summed E-state index contributed by atoms with van der Waals surface area (Å²) in [6.07, 6.45) is 0.177. The highest BCUT2D eigenvalue weighted by Gasteiger charge is 2.42. The number of carboxylic acids is 1. The highest BCUT2D eigenvalue weighted by molar-refractivity contribution is 6.44. The van der Waals surface area contributed by atoms with Gasteiger partial charge in [0.05, 0.1) is 0 Å². The first-order valence-corrected chi connectivity index (χ1v) is 4.40. The van der Waals surface area contributed by atoms with Crippen molar-refractivity contribution < 1.29 is 9.90 Å². The number of hydrogen-bond donors (Lipinski definition) is 1. The molecule has 12 heavy (non-hydrogen) atoms. The largest absolute Gasteiger partial charge is 0.479 e. The van der Waals surface area contributed by atoms with Gasteiger partial charge >= 0.3 is 5.97 Å². The van der Waals surface area contributed by atoms with Crippen LogP contribution in [0.2, 0.25) is 0 Å². The Balaban J connectivity index is 4.51. The van der Waals surface area contributed by atoms with Crippen LogP contribution in [0.3, 0.4) is 0 Å². The molecule has 0 aromatic carbocycles. The summed E-state index contributed by atoms with van der Waals surface area (Å²) in [7, 11) is 0. The molecule has 0 heterocycles. The van der Waals surface area contributed by atoms with E-state index in [2.05, 4.69) is 0 Å². The molecule has 0 aromatic heterocycles. The first-order valence-electron chi connectivity index (χ1n) is 3.34. The van der Waals surface area contributed by atoms with Gasteiger partial charge in [0.15, 0.2) is 0 Å². The predicted octanol–water partition coefficient (Wildman–Crippen LogP) is 2.66. The number of hydrogen-bond acceptors (Lipinski definition) is 2. The van der Waals surface area contributed by atoms with E-state index < -0.39 is 11.0 Å². The quantitative estimate of drug-likeness (QED) is 0.462. The minimum atomic E-state index is -1.72. The van der Waals surface area contributed by atoms with Crippen LogP contribution in [0.4, 0.5) is 0 Å². The van der Waals surface area contributed by atoms with Crippen molar-refractivity contribution in [2.75, 3.05) is 0 Å². The van der Waals surface area contributed by atoms with Crippen molar-refractivity contribution in [1.29, 1.82) is 0 Å². The van der Waals surface area contributed by atoms with E-state index >= 15 is 0 Å². The van der Waals surface area contributed by atoms with Crippen LogP contribution in [-0.2, 0) is 4.79 Å². The molecule has 0 amide bonds. The highest BCUT2D eigenvalue weighted by atomic mass is 35.5. The fourth-order valence-corrected chi connectivity index (χ4v) is 1.36. The molecule has 0 bridgehead atoms. The third-order valence-corrected chi connectivity index (χ3v) is 2.51. The van der Waals surface area contributed by atoms with Crippen LogP contribution in [0.5, 0.6) is 0 Å². The summed E-state index contributed by atoms with van der Waals surface area (Å²) < 4.78 is 0.469. The van der Waals surface area contributed by atoms with Crippen molar-refractivity contribution in [1.82, 2.24) is 3.94 Å². The number of rotatable bonds is 4. The monoisotopic (exact) mass is 233 g/mol. The average molecular weight is 235 g/mol. The zero-order valence-corrected chi connectivity index (χ0v) is 8.99. The number of aliphatic carboxylic acids is 1. The fraction of sp³-hybridized carbons (Fsp3) is 0.833. The maximum absolute atomic E-state index is 10.7. The molecular weight excluding hydrogens is 224 g/mol.